The van der Waals surface area contributed by atoms with Gasteiger partial charge in [0.05, 0.1) is 4.90 Å². The van der Waals surface area contributed by atoms with Gasteiger partial charge in [-0.05, 0) is 19.1 Å². The number of rotatable bonds is 4. The first-order chi connectivity index (χ1) is 8.57. The van der Waals surface area contributed by atoms with E-state index in [1.165, 1.54) is 13.0 Å². The zero-order valence-electron chi connectivity index (χ0n) is 9.51. The first kappa shape index (κ1) is 15.8. The van der Waals surface area contributed by atoms with E-state index in [4.69, 9.17) is 5.11 Å². The molecular formula is C10H9F3O4S2. The molecule has 0 amide bonds. The molecule has 1 atom stereocenters. The van der Waals surface area contributed by atoms with Crippen LogP contribution in [0.5, 0.6) is 0 Å². The van der Waals surface area contributed by atoms with Gasteiger partial charge in [0.2, 0.25) is 0 Å². The maximum atomic E-state index is 12.5. The Morgan fingerprint density at radius 2 is 1.84 bits per heavy atom. The fraction of sp³-hybridized carbons (Fsp3) is 0.300. The van der Waals surface area contributed by atoms with E-state index in [-0.39, 0.29) is 4.90 Å². The van der Waals surface area contributed by atoms with Gasteiger partial charge in [-0.3, -0.25) is 4.79 Å². The summed E-state index contributed by atoms with van der Waals surface area (Å²) in [4.78, 5) is 9.50. The van der Waals surface area contributed by atoms with Gasteiger partial charge in [0.25, 0.3) is 9.84 Å². The Kier molecular flexibility index (Phi) is 4.51. The van der Waals surface area contributed by atoms with E-state index in [2.05, 4.69) is 0 Å². The lowest BCUT2D eigenvalue weighted by Crippen LogP contribution is -2.24. The number of carboxylic acids is 1. The predicted molar refractivity (Wildman–Crippen MR) is 62.6 cm³/mol. The number of hydrogen-bond donors (Lipinski definition) is 1. The lowest BCUT2D eigenvalue weighted by atomic mass is 10.4. The van der Waals surface area contributed by atoms with E-state index < -0.39 is 31.5 Å². The van der Waals surface area contributed by atoms with Gasteiger partial charge < -0.3 is 5.11 Å². The molecule has 1 N–H and O–H groups in total. The summed E-state index contributed by atoms with van der Waals surface area (Å²) in [7, 11) is -5.49. The van der Waals surface area contributed by atoms with Crippen LogP contribution in [0.2, 0.25) is 0 Å². The van der Waals surface area contributed by atoms with Crippen molar-refractivity contribution >= 4 is 27.6 Å². The monoisotopic (exact) mass is 314 g/mol. The second kappa shape index (κ2) is 5.41. The Morgan fingerprint density at radius 3 is 2.32 bits per heavy atom. The minimum atomic E-state index is -5.49. The molecule has 0 aromatic heterocycles. The smallest absolute Gasteiger partial charge is 0.480 e. The topological polar surface area (TPSA) is 71.4 Å². The Bertz CT molecular complexity index is 581. The summed E-state index contributed by atoms with van der Waals surface area (Å²) in [6, 6.07) is 4.43. The summed E-state index contributed by atoms with van der Waals surface area (Å²) in [6.07, 6.45) is 0. The van der Waals surface area contributed by atoms with Crippen molar-refractivity contribution in [3.63, 3.8) is 0 Å². The first-order valence-corrected chi connectivity index (χ1v) is 7.23. The molecule has 1 aromatic carbocycles. The number of carboxylic acid groups (broad SMARTS) is 1. The molecule has 0 heterocycles. The van der Waals surface area contributed by atoms with Crippen molar-refractivity contribution in [2.45, 2.75) is 27.5 Å². The fourth-order valence-electron chi connectivity index (χ4n) is 1.14. The van der Waals surface area contributed by atoms with Gasteiger partial charge in [-0.2, -0.15) is 13.2 Å². The normalized spacial score (nSPS) is 14.1. The molecule has 1 rings (SSSR count). The fourth-order valence-corrected chi connectivity index (χ4v) is 3.27. The van der Waals surface area contributed by atoms with E-state index in [0.717, 1.165) is 18.2 Å². The minimum absolute atomic E-state index is 0.241. The van der Waals surface area contributed by atoms with Gasteiger partial charge in [0.1, 0.15) is 5.25 Å². The molecule has 0 fully saturated rings. The van der Waals surface area contributed by atoms with Crippen molar-refractivity contribution in [3.8, 4) is 0 Å². The average molecular weight is 314 g/mol. The SMILES string of the molecule is CC(Sc1ccccc1S(=O)(=O)C(F)(F)F)C(=O)O. The summed E-state index contributed by atoms with van der Waals surface area (Å²) in [6.45, 7) is 1.25. The van der Waals surface area contributed by atoms with Crippen LogP contribution in [0.3, 0.4) is 0 Å². The van der Waals surface area contributed by atoms with Crippen LogP contribution in [-0.4, -0.2) is 30.3 Å². The number of hydrogen-bond acceptors (Lipinski definition) is 4. The molecule has 9 heteroatoms. The largest absolute Gasteiger partial charge is 0.501 e. The quantitative estimate of drug-likeness (QED) is 0.865. The minimum Gasteiger partial charge on any atom is -0.480 e. The second-order valence-electron chi connectivity index (χ2n) is 3.49. The second-order valence-corrected chi connectivity index (χ2v) is 6.79. The molecule has 0 aliphatic heterocycles. The lowest BCUT2D eigenvalue weighted by molar-refractivity contribution is -0.136. The number of halogens is 3. The third-order valence-corrected chi connectivity index (χ3v) is 4.93. The number of alkyl halides is 3. The summed E-state index contributed by atoms with van der Waals surface area (Å²) < 4.78 is 60.1. The number of benzene rings is 1. The summed E-state index contributed by atoms with van der Waals surface area (Å²) in [5.74, 6) is -1.25. The Hall–Kier alpha value is -1.22. The Balaban J connectivity index is 3.28. The van der Waals surface area contributed by atoms with Gasteiger partial charge in [0.15, 0.2) is 0 Å². The van der Waals surface area contributed by atoms with E-state index in [0.29, 0.717) is 11.8 Å². The zero-order chi connectivity index (χ0) is 14.8. The van der Waals surface area contributed by atoms with Gasteiger partial charge in [-0.15, -0.1) is 11.8 Å². The van der Waals surface area contributed by atoms with Crippen LogP contribution < -0.4 is 0 Å². The number of carbonyl (C=O) groups is 1. The molecule has 0 spiro atoms. The van der Waals surface area contributed by atoms with Crippen molar-refractivity contribution in [1.82, 2.24) is 0 Å². The molecular weight excluding hydrogens is 305 g/mol. The van der Waals surface area contributed by atoms with Crippen molar-refractivity contribution in [1.29, 1.82) is 0 Å². The van der Waals surface area contributed by atoms with Crippen LogP contribution in [0.25, 0.3) is 0 Å². The van der Waals surface area contributed by atoms with Crippen molar-refractivity contribution in [2.24, 2.45) is 0 Å². The van der Waals surface area contributed by atoms with Crippen LogP contribution in [0, 0.1) is 0 Å². The molecule has 4 nitrogen and oxygen atoms in total. The highest BCUT2D eigenvalue weighted by molar-refractivity contribution is 8.01. The predicted octanol–water partition coefficient (Wildman–Crippen LogP) is 2.55. The molecule has 0 aliphatic rings. The van der Waals surface area contributed by atoms with Crippen molar-refractivity contribution in [3.05, 3.63) is 24.3 Å². The van der Waals surface area contributed by atoms with E-state index in [1.54, 1.807) is 0 Å². The summed E-state index contributed by atoms with van der Waals surface area (Å²) >= 11 is 0.543. The van der Waals surface area contributed by atoms with Crippen LogP contribution in [0.15, 0.2) is 34.1 Å². The molecule has 0 saturated carbocycles. The molecule has 0 radical (unpaired) electrons. The van der Waals surface area contributed by atoms with Gasteiger partial charge in [-0.25, -0.2) is 8.42 Å². The zero-order valence-corrected chi connectivity index (χ0v) is 11.1. The molecule has 0 aliphatic carbocycles. The van der Waals surface area contributed by atoms with Crippen LogP contribution in [0.4, 0.5) is 13.2 Å². The molecule has 0 bridgehead atoms. The standard InChI is InChI=1S/C10H9F3O4S2/c1-6(9(14)15)18-7-4-2-3-5-8(7)19(16,17)10(11,12)13/h2-6H,1H3,(H,14,15). The first-order valence-electron chi connectivity index (χ1n) is 4.87. The maximum Gasteiger partial charge on any atom is 0.501 e. The van der Waals surface area contributed by atoms with Crippen molar-refractivity contribution < 1.29 is 31.5 Å². The summed E-state index contributed by atoms with van der Waals surface area (Å²) in [5.41, 5.74) is -5.42. The van der Waals surface area contributed by atoms with E-state index in [1.807, 2.05) is 0 Å². The highest BCUT2D eigenvalue weighted by Gasteiger charge is 2.48. The number of sulfone groups is 1. The highest BCUT2D eigenvalue weighted by atomic mass is 32.2. The van der Waals surface area contributed by atoms with E-state index in [9.17, 15) is 26.4 Å². The van der Waals surface area contributed by atoms with Gasteiger partial charge in [0, 0.05) is 4.90 Å². The number of thioether (sulfide) groups is 1. The Morgan fingerprint density at radius 1 is 1.32 bits per heavy atom. The van der Waals surface area contributed by atoms with E-state index >= 15 is 0 Å². The lowest BCUT2D eigenvalue weighted by Gasteiger charge is -2.13. The van der Waals surface area contributed by atoms with Crippen LogP contribution >= 0.6 is 11.8 Å². The third-order valence-electron chi connectivity index (χ3n) is 2.09. The maximum absolute atomic E-state index is 12.5. The van der Waals surface area contributed by atoms with Gasteiger partial charge >= 0.3 is 11.5 Å². The van der Waals surface area contributed by atoms with Crippen molar-refractivity contribution in [2.75, 3.05) is 0 Å². The molecule has 106 valence electrons. The molecule has 19 heavy (non-hydrogen) atoms. The Labute approximate surface area is 111 Å². The van der Waals surface area contributed by atoms with Crippen LogP contribution in [-0.2, 0) is 14.6 Å². The molecule has 1 aromatic rings. The highest BCUT2D eigenvalue weighted by Crippen LogP contribution is 2.37. The average Bonchev–Trinajstić information content (AvgIpc) is 2.27. The third kappa shape index (κ3) is 3.41. The molecule has 0 saturated heterocycles. The summed E-state index contributed by atoms with van der Waals surface area (Å²) in [5, 5.41) is 7.64. The molecule has 1 unspecified atom stereocenters. The number of aliphatic carboxylic acids is 1. The van der Waals surface area contributed by atoms with Crippen LogP contribution in [0.1, 0.15) is 6.92 Å². The van der Waals surface area contributed by atoms with Gasteiger partial charge in [-0.1, -0.05) is 12.1 Å².